The van der Waals surface area contributed by atoms with Gasteiger partial charge in [0.2, 0.25) is 0 Å². The third-order valence-electron chi connectivity index (χ3n) is 4.04. The molecule has 0 radical (unpaired) electrons. The molecule has 1 aliphatic rings. The van der Waals surface area contributed by atoms with E-state index in [0.29, 0.717) is 18.2 Å². The first-order valence-corrected chi connectivity index (χ1v) is 7.09. The molecule has 2 heteroatoms. The number of ketones is 1. The Morgan fingerprint density at radius 1 is 1.17 bits per heavy atom. The molecule has 1 fully saturated rings. The molecule has 2 rings (SSSR count). The lowest BCUT2D eigenvalue weighted by Gasteiger charge is -2.23. The van der Waals surface area contributed by atoms with Gasteiger partial charge in [-0.1, -0.05) is 62.4 Å². The Kier molecular flexibility index (Phi) is 4.94. The molecule has 0 aliphatic heterocycles. The SMILES string of the molecule is NCC(C(=O)CC1CCCCC1)c1ccccc1. The van der Waals surface area contributed by atoms with Crippen LogP contribution in [0.3, 0.4) is 0 Å². The molecule has 1 aliphatic carbocycles. The van der Waals surface area contributed by atoms with Gasteiger partial charge in [-0.25, -0.2) is 0 Å². The van der Waals surface area contributed by atoms with Gasteiger partial charge >= 0.3 is 0 Å². The lowest BCUT2D eigenvalue weighted by atomic mass is 9.82. The fourth-order valence-corrected chi connectivity index (χ4v) is 2.96. The van der Waals surface area contributed by atoms with Crippen LogP contribution in [0.15, 0.2) is 30.3 Å². The molecule has 2 nitrogen and oxygen atoms in total. The third kappa shape index (κ3) is 3.42. The van der Waals surface area contributed by atoms with Crippen molar-refractivity contribution in [2.45, 2.75) is 44.4 Å². The first-order chi connectivity index (χ1) is 8.81. The molecule has 98 valence electrons. The molecule has 0 aromatic heterocycles. The number of rotatable bonds is 5. The van der Waals surface area contributed by atoms with E-state index in [9.17, 15) is 4.79 Å². The summed E-state index contributed by atoms with van der Waals surface area (Å²) >= 11 is 0. The number of benzene rings is 1. The van der Waals surface area contributed by atoms with Crippen molar-refractivity contribution >= 4 is 5.78 Å². The highest BCUT2D eigenvalue weighted by Gasteiger charge is 2.23. The second-order valence-electron chi connectivity index (χ2n) is 5.37. The van der Waals surface area contributed by atoms with Gasteiger partial charge < -0.3 is 5.73 Å². The Balaban J connectivity index is 1.97. The molecule has 18 heavy (non-hydrogen) atoms. The van der Waals surface area contributed by atoms with Crippen LogP contribution in [0.2, 0.25) is 0 Å². The lowest BCUT2D eigenvalue weighted by Crippen LogP contribution is -2.24. The van der Waals surface area contributed by atoms with Crippen molar-refractivity contribution < 1.29 is 4.79 Å². The van der Waals surface area contributed by atoms with E-state index in [4.69, 9.17) is 5.73 Å². The Morgan fingerprint density at radius 2 is 1.83 bits per heavy atom. The molecular weight excluding hydrogens is 222 g/mol. The van der Waals surface area contributed by atoms with Crippen molar-refractivity contribution in [3.05, 3.63) is 35.9 Å². The zero-order valence-electron chi connectivity index (χ0n) is 11.0. The highest BCUT2D eigenvalue weighted by Crippen LogP contribution is 2.29. The smallest absolute Gasteiger partial charge is 0.141 e. The minimum Gasteiger partial charge on any atom is -0.329 e. The van der Waals surface area contributed by atoms with Crippen LogP contribution in [0, 0.1) is 5.92 Å². The van der Waals surface area contributed by atoms with E-state index in [0.717, 1.165) is 12.0 Å². The van der Waals surface area contributed by atoms with Crippen LogP contribution in [0.4, 0.5) is 0 Å². The topological polar surface area (TPSA) is 43.1 Å². The molecule has 1 saturated carbocycles. The minimum absolute atomic E-state index is 0.104. The maximum Gasteiger partial charge on any atom is 0.141 e. The standard InChI is InChI=1S/C16H23NO/c17-12-15(14-9-5-2-6-10-14)16(18)11-13-7-3-1-4-8-13/h2,5-6,9-10,13,15H,1,3-4,7-8,11-12,17H2. The van der Waals surface area contributed by atoms with Gasteiger partial charge in [0.05, 0.1) is 5.92 Å². The van der Waals surface area contributed by atoms with Crippen LogP contribution < -0.4 is 5.73 Å². The summed E-state index contributed by atoms with van der Waals surface area (Å²) in [6.45, 7) is 0.426. The van der Waals surface area contributed by atoms with E-state index in [1.807, 2.05) is 30.3 Å². The molecule has 1 unspecified atom stereocenters. The van der Waals surface area contributed by atoms with Crippen LogP contribution in [-0.4, -0.2) is 12.3 Å². The summed E-state index contributed by atoms with van der Waals surface area (Å²) in [5, 5.41) is 0. The Hall–Kier alpha value is -1.15. The normalized spacial score (nSPS) is 18.5. The van der Waals surface area contributed by atoms with E-state index in [2.05, 4.69) is 0 Å². The van der Waals surface area contributed by atoms with Gasteiger partial charge in [-0.15, -0.1) is 0 Å². The number of hydrogen-bond acceptors (Lipinski definition) is 2. The minimum atomic E-state index is -0.104. The van der Waals surface area contributed by atoms with Crippen molar-refractivity contribution in [2.75, 3.05) is 6.54 Å². The van der Waals surface area contributed by atoms with Gasteiger partial charge in [-0.3, -0.25) is 4.79 Å². The summed E-state index contributed by atoms with van der Waals surface area (Å²) < 4.78 is 0. The number of hydrogen-bond donors (Lipinski definition) is 1. The summed E-state index contributed by atoms with van der Waals surface area (Å²) in [5.41, 5.74) is 6.86. The largest absolute Gasteiger partial charge is 0.329 e. The molecule has 0 bridgehead atoms. The molecule has 1 aromatic carbocycles. The van der Waals surface area contributed by atoms with Gasteiger partial charge in [0.25, 0.3) is 0 Å². The van der Waals surface area contributed by atoms with Crippen LogP contribution >= 0.6 is 0 Å². The zero-order chi connectivity index (χ0) is 12.8. The molecule has 1 atom stereocenters. The Morgan fingerprint density at radius 3 is 2.44 bits per heavy atom. The Bertz CT molecular complexity index is 368. The van der Waals surface area contributed by atoms with Crippen LogP contribution in [0.25, 0.3) is 0 Å². The average molecular weight is 245 g/mol. The number of nitrogens with two attached hydrogens (primary N) is 1. The number of carbonyl (C=O) groups is 1. The molecule has 0 amide bonds. The van der Waals surface area contributed by atoms with Crippen molar-refractivity contribution in [3.63, 3.8) is 0 Å². The summed E-state index contributed by atoms with van der Waals surface area (Å²) in [4.78, 5) is 12.4. The average Bonchev–Trinajstić information content (AvgIpc) is 2.42. The summed E-state index contributed by atoms with van der Waals surface area (Å²) in [6, 6.07) is 9.95. The predicted octanol–water partition coefficient (Wildman–Crippen LogP) is 3.27. The van der Waals surface area contributed by atoms with Gasteiger partial charge in [0.15, 0.2) is 0 Å². The van der Waals surface area contributed by atoms with Gasteiger partial charge in [-0.2, -0.15) is 0 Å². The first kappa shape index (κ1) is 13.3. The van der Waals surface area contributed by atoms with Crippen LogP contribution in [0.1, 0.15) is 50.0 Å². The van der Waals surface area contributed by atoms with Crippen molar-refractivity contribution in [2.24, 2.45) is 11.7 Å². The fraction of sp³-hybridized carbons (Fsp3) is 0.562. The van der Waals surface area contributed by atoms with Crippen LogP contribution in [-0.2, 0) is 4.79 Å². The van der Waals surface area contributed by atoms with E-state index in [-0.39, 0.29) is 5.92 Å². The van der Waals surface area contributed by atoms with Gasteiger partial charge in [-0.05, 0) is 11.5 Å². The summed E-state index contributed by atoms with van der Waals surface area (Å²) in [7, 11) is 0. The summed E-state index contributed by atoms with van der Waals surface area (Å²) in [5.74, 6) is 0.827. The van der Waals surface area contributed by atoms with Crippen molar-refractivity contribution in [3.8, 4) is 0 Å². The van der Waals surface area contributed by atoms with E-state index >= 15 is 0 Å². The second-order valence-corrected chi connectivity index (χ2v) is 5.37. The van der Waals surface area contributed by atoms with Gasteiger partial charge in [0.1, 0.15) is 5.78 Å². The summed E-state index contributed by atoms with van der Waals surface area (Å²) in [6.07, 6.45) is 7.07. The van der Waals surface area contributed by atoms with Crippen molar-refractivity contribution in [1.29, 1.82) is 0 Å². The number of Topliss-reactive ketones (excluding diaryl/α,β-unsaturated/α-hetero) is 1. The molecule has 0 heterocycles. The van der Waals surface area contributed by atoms with Crippen molar-refractivity contribution in [1.82, 2.24) is 0 Å². The monoisotopic (exact) mass is 245 g/mol. The third-order valence-corrected chi connectivity index (χ3v) is 4.04. The fourth-order valence-electron chi connectivity index (χ4n) is 2.96. The van der Waals surface area contributed by atoms with E-state index in [1.165, 1.54) is 32.1 Å². The maximum absolute atomic E-state index is 12.4. The molecule has 0 saturated heterocycles. The highest BCUT2D eigenvalue weighted by atomic mass is 16.1. The van der Waals surface area contributed by atoms with Gasteiger partial charge in [0, 0.05) is 13.0 Å². The predicted molar refractivity (Wildman–Crippen MR) is 74.4 cm³/mol. The maximum atomic E-state index is 12.4. The second kappa shape index (κ2) is 6.69. The van der Waals surface area contributed by atoms with E-state index in [1.54, 1.807) is 0 Å². The molecular formula is C16H23NO. The lowest BCUT2D eigenvalue weighted by molar-refractivity contribution is -0.121. The molecule has 0 spiro atoms. The van der Waals surface area contributed by atoms with E-state index < -0.39 is 0 Å². The van der Waals surface area contributed by atoms with Crippen LogP contribution in [0.5, 0.6) is 0 Å². The quantitative estimate of drug-likeness (QED) is 0.865. The Labute approximate surface area is 110 Å². The molecule has 1 aromatic rings. The first-order valence-electron chi connectivity index (χ1n) is 7.09. The number of carbonyl (C=O) groups excluding carboxylic acids is 1. The zero-order valence-corrected chi connectivity index (χ0v) is 11.0. The molecule has 2 N–H and O–H groups in total. The highest BCUT2D eigenvalue weighted by molar-refractivity contribution is 5.86.